The molecule has 0 spiro atoms. The Morgan fingerprint density at radius 3 is 3.17 bits per heavy atom. The second-order valence-corrected chi connectivity index (χ2v) is 3.39. The maximum atomic E-state index is 5.95. The molecule has 1 unspecified atom stereocenters. The lowest BCUT2D eigenvalue weighted by molar-refractivity contribution is 0.406. The van der Waals surface area contributed by atoms with Gasteiger partial charge in [-0.05, 0) is 6.92 Å². The van der Waals surface area contributed by atoms with E-state index in [1.807, 2.05) is 6.92 Å². The molecule has 0 bridgehead atoms. The van der Waals surface area contributed by atoms with Gasteiger partial charge in [0.15, 0.2) is 5.76 Å². The van der Waals surface area contributed by atoms with Crippen LogP contribution >= 0.6 is 23.2 Å². The van der Waals surface area contributed by atoms with Crippen LogP contribution in [0.3, 0.4) is 0 Å². The van der Waals surface area contributed by atoms with Crippen molar-refractivity contribution < 1.29 is 4.52 Å². The Labute approximate surface area is 79.3 Å². The summed E-state index contributed by atoms with van der Waals surface area (Å²) < 4.78 is 4.99. The molecule has 2 heterocycles. The first-order valence-electron chi connectivity index (χ1n) is 3.42. The summed E-state index contributed by atoms with van der Waals surface area (Å²) in [5.41, 5.74) is 1.31. The van der Waals surface area contributed by atoms with E-state index in [1.165, 1.54) is 0 Å². The third kappa shape index (κ3) is 1.09. The van der Waals surface area contributed by atoms with Gasteiger partial charge in [0.05, 0.1) is 11.3 Å². The molecule has 0 saturated carbocycles. The van der Waals surface area contributed by atoms with E-state index < -0.39 is 0 Å². The summed E-state index contributed by atoms with van der Waals surface area (Å²) in [6, 6.07) is 0. The molecule has 0 aliphatic carbocycles. The maximum Gasteiger partial charge on any atom is 0.169 e. The SMILES string of the molecule is Cc1noc2c1C(Cl)NC(Cl)=C2. The number of hydrogen-bond donors (Lipinski definition) is 1. The Morgan fingerprint density at radius 2 is 2.42 bits per heavy atom. The van der Waals surface area contributed by atoms with Crippen molar-refractivity contribution in [1.82, 2.24) is 10.5 Å². The molecule has 1 atom stereocenters. The highest BCUT2D eigenvalue weighted by Gasteiger charge is 2.23. The van der Waals surface area contributed by atoms with Crippen molar-refractivity contribution in [3.05, 3.63) is 22.2 Å². The Morgan fingerprint density at radius 1 is 1.67 bits per heavy atom. The zero-order valence-corrected chi connectivity index (χ0v) is 7.78. The molecule has 1 aromatic heterocycles. The van der Waals surface area contributed by atoms with Crippen molar-refractivity contribution in [3.8, 4) is 0 Å². The molecule has 1 N–H and O–H groups in total. The lowest BCUT2D eigenvalue weighted by atomic mass is 10.1. The number of aromatic nitrogens is 1. The Kier molecular flexibility index (Phi) is 1.77. The van der Waals surface area contributed by atoms with E-state index in [4.69, 9.17) is 27.7 Å². The molecule has 1 aliphatic heterocycles. The Bertz CT molecular complexity index is 345. The summed E-state index contributed by atoms with van der Waals surface area (Å²) in [5, 5.41) is 7.11. The van der Waals surface area contributed by atoms with Gasteiger partial charge in [0.1, 0.15) is 10.7 Å². The van der Waals surface area contributed by atoms with Crippen LogP contribution in [0.4, 0.5) is 0 Å². The standard InChI is InChI=1S/C7H6Cl2N2O/c1-3-6-4(12-11-3)2-5(8)10-7(6)9/h2,7,10H,1H3. The van der Waals surface area contributed by atoms with Crippen LogP contribution in [0, 0.1) is 6.92 Å². The summed E-state index contributed by atoms with van der Waals surface area (Å²) in [5.74, 6) is 0.635. The van der Waals surface area contributed by atoms with Crippen molar-refractivity contribution >= 4 is 29.3 Å². The monoisotopic (exact) mass is 204 g/mol. The second kappa shape index (κ2) is 2.68. The van der Waals surface area contributed by atoms with Crippen LogP contribution < -0.4 is 5.32 Å². The normalized spacial score (nSPS) is 21.2. The molecule has 64 valence electrons. The zero-order chi connectivity index (χ0) is 8.72. The minimum atomic E-state index is -0.344. The molecule has 3 nitrogen and oxygen atoms in total. The van der Waals surface area contributed by atoms with Gasteiger partial charge in [0.25, 0.3) is 0 Å². The lowest BCUT2D eigenvalue weighted by Crippen LogP contribution is -2.17. The number of rotatable bonds is 0. The molecule has 0 saturated heterocycles. The number of nitrogens with one attached hydrogen (secondary N) is 1. The lowest BCUT2D eigenvalue weighted by Gasteiger charge is -2.15. The van der Waals surface area contributed by atoms with E-state index in [2.05, 4.69) is 10.5 Å². The van der Waals surface area contributed by atoms with E-state index >= 15 is 0 Å². The number of alkyl halides is 1. The van der Waals surface area contributed by atoms with Crippen LogP contribution in [0.2, 0.25) is 0 Å². The average Bonchev–Trinajstić information content (AvgIpc) is 2.31. The predicted octanol–water partition coefficient (Wildman–Crippen LogP) is 2.36. The summed E-state index contributed by atoms with van der Waals surface area (Å²) in [6.45, 7) is 1.84. The number of fused-ring (bicyclic) bond motifs is 1. The fraction of sp³-hybridized carbons (Fsp3) is 0.286. The van der Waals surface area contributed by atoms with Gasteiger partial charge in [-0.1, -0.05) is 28.4 Å². The Hall–Kier alpha value is -0.670. The van der Waals surface area contributed by atoms with Crippen LogP contribution in [0.15, 0.2) is 9.68 Å². The first kappa shape index (κ1) is 7.95. The molecular weight excluding hydrogens is 199 g/mol. The Balaban J connectivity index is 2.57. The first-order valence-corrected chi connectivity index (χ1v) is 4.24. The molecular formula is C7H6Cl2N2O. The number of nitrogens with zero attached hydrogens (tertiary/aromatic N) is 1. The van der Waals surface area contributed by atoms with Crippen LogP contribution in [-0.2, 0) is 0 Å². The number of hydrogen-bond acceptors (Lipinski definition) is 3. The van der Waals surface area contributed by atoms with Gasteiger partial charge < -0.3 is 9.84 Å². The van der Waals surface area contributed by atoms with Crippen LogP contribution in [-0.4, -0.2) is 5.16 Å². The molecule has 1 aromatic rings. The summed E-state index contributed by atoms with van der Waals surface area (Å²) >= 11 is 11.7. The second-order valence-electron chi connectivity index (χ2n) is 2.55. The number of halogens is 2. The van der Waals surface area contributed by atoms with Crippen LogP contribution in [0.5, 0.6) is 0 Å². The molecule has 0 fully saturated rings. The van der Waals surface area contributed by atoms with Crippen molar-refractivity contribution in [3.63, 3.8) is 0 Å². The molecule has 2 rings (SSSR count). The molecule has 1 aliphatic rings. The zero-order valence-electron chi connectivity index (χ0n) is 6.27. The first-order chi connectivity index (χ1) is 5.68. The van der Waals surface area contributed by atoms with Gasteiger partial charge in [0, 0.05) is 6.08 Å². The highest BCUT2D eigenvalue weighted by Crippen LogP contribution is 2.32. The van der Waals surface area contributed by atoms with Crippen molar-refractivity contribution in [2.75, 3.05) is 0 Å². The van der Waals surface area contributed by atoms with E-state index in [0.29, 0.717) is 10.9 Å². The van der Waals surface area contributed by atoms with E-state index in [1.54, 1.807) is 6.08 Å². The molecule has 0 radical (unpaired) electrons. The van der Waals surface area contributed by atoms with Crippen molar-refractivity contribution in [2.45, 2.75) is 12.4 Å². The predicted molar refractivity (Wildman–Crippen MR) is 46.8 cm³/mol. The van der Waals surface area contributed by atoms with Crippen molar-refractivity contribution in [1.29, 1.82) is 0 Å². The topological polar surface area (TPSA) is 38.1 Å². The summed E-state index contributed by atoms with van der Waals surface area (Å²) in [4.78, 5) is 0. The quantitative estimate of drug-likeness (QED) is 0.521. The fourth-order valence-corrected chi connectivity index (χ4v) is 1.80. The highest BCUT2D eigenvalue weighted by atomic mass is 35.5. The van der Waals surface area contributed by atoms with E-state index in [0.717, 1.165) is 11.3 Å². The van der Waals surface area contributed by atoms with Crippen LogP contribution in [0.1, 0.15) is 22.5 Å². The largest absolute Gasteiger partial charge is 0.356 e. The minimum Gasteiger partial charge on any atom is -0.356 e. The average molecular weight is 205 g/mol. The van der Waals surface area contributed by atoms with E-state index in [9.17, 15) is 0 Å². The van der Waals surface area contributed by atoms with Gasteiger partial charge >= 0.3 is 0 Å². The van der Waals surface area contributed by atoms with Crippen LogP contribution in [0.25, 0.3) is 6.08 Å². The highest BCUT2D eigenvalue weighted by molar-refractivity contribution is 6.32. The maximum absolute atomic E-state index is 5.95. The third-order valence-corrected chi connectivity index (χ3v) is 2.26. The van der Waals surface area contributed by atoms with Gasteiger partial charge in [-0.2, -0.15) is 0 Å². The molecule has 5 heteroatoms. The smallest absolute Gasteiger partial charge is 0.169 e. The van der Waals surface area contributed by atoms with Gasteiger partial charge in [0.2, 0.25) is 0 Å². The number of aryl methyl sites for hydroxylation is 1. The molecule has 0 amide bonds. The molecule has 0 aromatic carbocycles. The summed E-state index contributed by atoms with van der Waals surface area (Å²) in [7, 11) is 0. The minimum absolute atomic E-state index is 0.344. The van der Waals surface area contributed by atoms with E-state index in [-0.39, 0.29) is 5.50 Å². The third-order valence-electron chi connectivity index (χ3n) is 1.71. The molecule has 12 heavy (non-hydrogen) atoms. The van der Waals surface area contributed by atoms with Crippen molar-refractivity contribution in [2.24, 2.45) is 0 Å². The summed E-state index contributed by atoms with van der Waals surface area (Å²) in [6.07, 6.45) is 1.66. The van der Waals surface area contributed by atoms with Gasteiger partial charge in [-0.3, -0.25) is 0 Å². The van der Waals surface area contributed by atoms with Gasteiger partial charge in [-0.25, -0.2) is 0 Å². The fourth-order valence-electron chi connectivity index (χ4n) is 1.16. The van der Waals surface area contributed by atoms with Gasteiger partial charge in [-0.15, -0.1) is 0 Å².